The first-order chi connectivity index (χ1) is 11.0. The molecule has 0 saturated heterocycles. The molecule has 1 N–H and O–H groups in total. The number of nitrogens with one attached hydrogen (secondary N) is 1. The number of hydrogen-bond acceptors (Lipinski definition) is 4. The molecule has 2 aromatic carbocycles. The molecule has 0 unspecified atom stereocenters. The minimum absolute atomic E-state index is 0.323. The number of ether oxygens (including phenoxy) is 1. The van der Waals surface area contributed by atoms with Crippen LogP contribution in [0.2, 0.25) is 0 Å². The van der Waals surface area contributed by atoms with Crippen molar-refractivity contribution in [2.24, 2.45) is 0 Å². The predicted octanol–water partition coefficient (Wildman–Crippen LogP) is 3.15. The Balaban J connectivity index is 1.92. The lowest BCUT2D eigenvalue weighted by molar-refractivity contribution is -0.119. The van der Waals surface area contributed by atoms with Gasteiger partial charge in [0.2, 0.25) is 0 Å². The van der Waals surface area contributed by atoms with Gasteiger partial charge in [0.15, 0.2) is 6.61 Å². The second kappa shape index (κ2) is 7.96. The Bertz CT molecular complexity index is 716. The first-order valence-electron chi connectivity index (χ1n) is 6.96. The van der Waals surface area contributed by atoms with Gasteiger partial charge in [-0.25, -0.2) is 4.79 Å². The van der Waals surface area contributed by atoms with E-state index in [9.17, 15) is 9.59 Å². The van der Waals surface area contributed by atoms with Crippen LogP contribution in [-0.4, -0.2) is 32.6 Å². The summed E-state index contributed by atoms with van der Waals surface area (Å²) < 4.78 is 5.98. The molecule has 1 amide bonds. The van der Waals surface area contributed by atoms with Gasteiger partial charge in [0.1, 0.15) is 0 Å². The number of amides is 1. The molecular formula is C17H17IN2O3. The Morgan fingerprint density at radius 3 is 2.57 bits per heavy atom. The molecule has 5 nitrogen and oxygen atoms in total. The summed E-state index contributed by atoms with van der Waals surface area (Å²) in [6.07, 6.45) is 0. The van der Waals surface area contributed by atoms with Crippen molar-refractivity contribution in [2.45, 2.75) is 0 Å². The summed E-state index contributed by atoms with van der Waals surface area (Å²) in [5.41, 5.74) is 2.00. The second-order valence-electron chi connectivity index (χ2n) is 5.05. The summed E-state index contributed by atoms with van der Waals surface area (Å²) in [6.45, 7) is -0.323. The number of carbonyl (C=O) groups is 2. The van der Waals surface area contributed by atoms with Crippen molar-refractivity contribution in [3.8, 4) is 0 Å². The molecule has 2 rings (SSSR count). The van der Waals surface area contributed by atoms with Crippen LogP contribution in [0.25, 0.3) is 0 Å². The van der Waals surface area contributed by atoms with Crippen molar-refractivity contribution in [1.29, 1.82) is 0 Å². The zero-order chi connectivity index (χ0) is 16.8. The van der Waals surface area contributed by atoms with Gasteiger partial charge in [-0.2, -0.15) is 0 Å². The average molecular weight is 424 g/mol. The smallest absolute Gasteiger partial charge is 0.338 e. The average Bonchev–Trinajstić information content (AvgIpc) is 2.55. The molecule has 0 spiro atoms. The lowest BCUT2D eigenvalue weighted by Crippen LogP contribution is -2.21. The number of carbonyl (C=O) groups excluding carboxylic acids is 2. The maximum Gasteiger partial charge on any atom is 0.338 e. The topological polar surface area (TPSA) is 58.6 Å². The minimum atomic E-state index is -0.522. The molecule has 0 aliphatic rings. The number of benzene rings is 2. The van der Waals surface area contributed by atoms with Crippen LogP contribution in [0.3, 0.4) is 0 Å². The van der Waals surface area contributed by atoms with Gasteiger partial charge in [-0.05, 0) is 52.9 Å². The maximum atomic E-state index is 12.0. The summed E-state index contributed by atoms with van der Waals surface area (Å²) in [4.78, 5) is 25.8. The highest BCUT2D eigenvalue weighted by atomic mass is 127. The Kier molecular flexibility index (Phi) is 5.97. The van der Waals surface area contributed by atoms with E-state index in [2.05, 4.69) is 27.9 Å². The van der Waals surface area contributed by atoms with E-state index in [1.165, 1.54) is 0 Å². The van der Waals surface area contributed by atoms with E-state index in [0.29, 0.717) is 11.3 Å². The van der Waals surface area contributed by atoms with Crippen molar-refractivity contribution >= 4 is 45.8 Å². The molecule has 0 saturated carbocycles. The molecule has 23 heavy (non-hydrogen) atoms. The minimum Gasteiger partial charge on any atom is -0.452 e. The molecule has 0 aliphatic carbocycles. The van der Waals surface area contributed by atoms with Crippen molar-refractivity contribution in [1.82, 2.24) is 0 Å². The molecule has 0 radical (unpaired) electrons. The second-order valence-corrected chi connectivity index (χ2v) is 6.21. The highest BCUT2D eigenvalue weighted by Gasteiger charge is 2.12. The van der Waals surface area contributed by atoms with Crippen LogP contribution in [0.15, 0.2) is 48.5 Å². The third-order valence-corrected chi connectivity index (χ3v) is 4.02. The fourth-order valence-corrected chi connectivity index (χ4v) is 2.40. The van der Waals surface area contributed by atoms with E-state index in [-0.39, 0.29) is 12.5 Å². The summed E-state index contributed by atoms with van der Waals surface area (Å²) >= 11 is 2.13. The third-order valence-electron chi connectivity index (χ3n) is 3.08. The number of anilines is 2. The van der Waals surface area contributed by atoms with E-state index >= 15 is 0 Å². The SMILES string of the molecule is CN(C)c1cccc(C(=O)OCC(=O)Nc2ccccc2I)c1. The van der Waals surface area contributed by atoms with Crippen molar-refractivity contribution in [3.05, 3.63) is 57.7 Å². The largest absolute Gasteiger partial charge is 0.452 e. The van der Waals surface area contributed by atoms with Gasteiger partial charge in [0, 0.05) is 23.4 Å². The Labute approximate surface area is 148 Å². The third kappa shape index (κ3) is 4.95. The van der Waals surface area contributed by atoms with E-state index in [0.717, 1.165) is 9.26 Å². The summed E-state index contributed by atoms with van der Waals surface area (Å²) in [5, 5.41) is 2.71. The molecule has 0 atom stereocenters. The molecule has 6 heteroatoms. The number of hydrogen-bond donors (Lipinski definition) is 1. The highest BCUT2D eigenvalue weighted by Crippen LogP contribution is 2.17. The first kappa shape index (κ1) is 17.3. The van der Waals surface area contributed by atoms with Gasteiger partial charge in [-0.3, -0.25) is 4.79 Å². The van der Waals surface area contributed by atoms with Crippen LogP contribution in [0.5, 0.6) is 0 Å². The van der Waals surface area contributed by atoms with Gasteiger partial charge in [-0.15, -0.1) is 0 Å². The standard InChI is InChI=1S/C17H17IN2O3/c1-20(2)13-7-5-6-12(10-13)17(22)23-11-16(21)19-15-9-4-3-8-14(15)18/h3-10H,11H2,1-2H3,(H,19,21). The van der Waals surface area contributed by atoms with Crippen LogP contribution in [-0.2, 0) is 9.53 Å². The van der Waals surface area contributed by atoms with Crippen LogP contribution >= 0.6 is 22.6 Å². The highest BCUT2D eigenvalue weighted by molar-refractivity contribution is 14.1. The Morgan fingerprint density at radius 2 is 1.87 bits per heavy atom. The number of esters is 1. The molecule has 0 fully saturated rings. The van der Waals surface area contributed by atoms with Crippen LogP contribution in [0, 0.1) is 3.57 Å². The van der Waals surface area contributed by atoms with Crippen molar-refractivity contribution < 1.29 is 14.3 Å². The van der Waals surface area contributed by atoms with Gasteiger partial charge < -0.3 is 15.0 Å². The van der Waals surface area contributed by atoms with Gasteiger partial charge in [0.25, 0.3) is 5.91 Å². The van der Waals surface area contributed by atoms with Gasteiger partial charge in [0.05, 0.1) is 11.3 Å². The number of para-hydroxylation sites is 1. The molecule has 0 aliphatic heterocycles. The van der Waals surface area contributed by atoms with E-state index < -0.39 is 5.97 Å². The summed E-state index contributed by atoms with van der Waals surface area (Å²) in [7, 11) is 3.78. The lowest BCUT2D eigenvalue weighted by atomic mass is 10.2. The normalized spacial score (nSPS) is 10.0. The fraction of sp³-hybridized carbons (Fsp3) is 0.176. The lowest BCUT2D eigenvalue weighted by Gasteiger charge is -2.13. The fourth-order valence-electron chi connectivity index (χ4n) is 1.87. The molecule has 120 valence electrons. The van der Waals surface area contributed by atoms with Crippen LogP contribution < -0.4 is 10.2 Å². The molecule has 0 heterocycles. The quantitative estimate of drug-likeness (QED) is 0.592. The Hall–Kier alpha value is -2.09. The first-order valence-corrected chi connectivity index (χ1v) is 8.04. The zero-order valence-corrected chi connectivity index (χ0v) is 15.0. The molecular weight excluding hydrogens is 407 g/mol. The van der Waals surface area contributed by atoms with E-state index in [1.807, 2.05) is 43.3 Å². The monoisotopic (exact) mass is 424 g/mol. The number of rotatable bonds is 5. The summed E-state index contributed by atoms with van der Waals surface area (Å²) in [6, 6.07) is 14.4. The Morgan fingerprint density at radius 1 is 1.13 bits per heavy atom. The van der Waals surface area contributed by atoms with Crippen molar-refractivity contribution in [2.75, 3.05) is 30.9 Å². The maximum absolute atomic E-state index is 12.0. The zero-order valence-electron chi connectivity index (χ0n) is 12.9. The molecule has 2 aromatic rings. The van der Waals surface area contributed by atoms with Gasteiger partial charge >= 0.3 is 5.97 Å². The van der Waals surface area contributed by atoms with Crippen molar-refractivity contribution in [3.63, 3.8) is 0 Å². The summed E-state index contributed by atoms with van der Waals surface area (Å²) in [5.74, 6) is -0.891. The molecule has 0 bridgehead atoms. The number of nitrogens with zero attached hydrogens (tertiary/aromatic N) is 1. The number of halogens is 1. The predicted molar refractivity (Wildman–Crippen MR) is 98.8 cm³/mol. The van der Waals surface area contributed by atoms with Crippen LogP contribution in [0.1, 0.15) is 10.4 Å². The van der Waals surface area contributed by atoms with Gasteiger partial charge in [-0.1, -0.05) is 18.2 Å². The molecule has 0 aromatic heterocycles. The van der Waals surface area contributed by atoms with E-state index in [1.54, 1.807) is 24.3 Å². The van der Waals surface area contributed by atoms with E-state index in [4.69, 9.17) is 4.74 Å². The van der Waals surface area contributed by atoms with Crippen LogP contribution in [0.4, 0.5) is 11.4 Å².